The van der Waals surface area contributed by atoms with Crippen LogP contribution in [-0.2, 0) is 0 Å². The van der Waals surface area contributed by atoms with Gasteiger partial charge in [0.2, 0.25) is 0 Å². The van der Waals surface area contributed by atoms with Crippen LogP contribution < -0.4 is 0 Å². The van der Waals surface area contributed by atoms with Crippen LogP contribution in [0.3, 0.4) is 0 Å². The zero-order valence-electron chi connectivity index (χ0n) is 6.97. The third kappa shape index (κ3) is 2.17. The second-order valence-electron chi connectivity index (χ2n) is 3.62. The quantitative estimate of drug-likeness (QED) is 0.385. The minimum atomic E-state index is 0.817. The molecule has 0 nitrogen and oxygen atoms in total. The molecule has 0 amide bonds. The van der Waals surface area contributed by atoms with Gasteiger partial charge in [-0.2, -0.15) is 0 Å². The molecule has 1 aliphatic carbocycles. The van der Waals surface area contributed by atoms with Crippen molar-refractivity contribution in [1.29, 1.82) is 0 Å². The normalized spacial score (nSPS) is 34.9. The molecule has 0 radical (unpaired) electrons. The molecule has 1 fully saturated rings. The molecule has 0 aromatic rings. The summed E-state index contributed by atoms with van der Waals surface area (Å²) in [6.45, 7) is 6.22. The average Bonchev–Trinajstić information content (AvgIpc) is 2.13. The lowest BCUT2D eigenvalue weighted by Crippen LogP contribution is -1.99. The maximum absolute atomic E-state index is 3.86. The molecule has 0 heteroatoms. The minimum Gasteiger partial charge on any atom is -0.103 e. The molecule has 0 bridgehead atoms. The van der Waals surface area contributed by atoms with Crippen LogP contribution in [0.15, 0.2) is 12.7 Å². The number of hydrogen-bond acceptors (Lipinski definition) is 0. The SMILES string of the molecule is C=CC1CCCCC(C)C1. The van der Waals surface area contributed by atoms with Gasteiger partial charge in [0.25, 0.3) is 0 Å². The van der Waals surface area contributed by atoms with Gasteiger partial charge in [0.1, 0.15) is 0 Å². The maximum Gasteiger partial charge on any atom is -0.0234 e. The van der Waals surface area contributed by atoms with E-state index in [9.17, 15) is 0 Å². The van der Waals surface area contributed by atoms with E-state index in [1.807, 2.05) is 0 Å². The Kier molecular flexibility index (Phi) is 2.98. The molecule has 0 aliphatic heterocycles. The van der Waals surface area contributed by atoms with Gasteiger partial charge in [-0.25, -0.2) is 0 Å². The Hall–Kier alpha value is -0.260. The Morgan fingerprint density at radius 1 is 1.30 bits per heavy atom. The van der Waals surface area contributed by atoms with Gasteiger partial charge in [-0.3, -0.25) is 0 Å². The van der Waals surface area contributed by atoms with Crippen LogP contribution in [-0.4, -0.2) is 0 Å². The summed E-state index contributed by atoms with van der Waals surface area (Å²) in [7, 11) is 0. The lowest BCUT2D eigenvalue weighted by molar-refractivity contribution is 0.454. The molecule has 0 aromatic heterocycles. The fourth-order valence-electron chi connectivity index (χ4n) is 1.87. The van der Waals surface area contributed by atoms with Crippen molar-refractivity contribution in [2.75, 3.05) is 0 Å². The Labute approximate surface area is 64.3 Å². The Morgan fingerprint density at radius 3 is 2.70 bits per heavy atom. The van der Waals surface area contributed by atoms with Gasteiger partial charge in [-0.15, -0.1) is 6.58 Å². The van der Waals surface area contributed by atoms with Crippen LogP contribution in [0.4, 0.5) is 0 Å². The molecule has 1 saturated carbocycles. The number of rotatable bonds is 1. The number of hydrogen-bond donors (Lipinski definition) is 0. The van der Waals surface area contributed by atoms with Crippen LogP contribution in [0.1, 0.15) is 39.0 Å². The molecule has 0 N–H and O–H groups in total. The summed E-state index contributed by atoms with van der Waals surface area (Å²) in [5.74, 6) is 1.75. The standard InChI is InChI=1S/C10H18/c1-3-10-7-5-4-6-9(2)8-10/h3,9-10H,1,4-8H2,2H3. The predicted octanol–water partition coefficient (Wildman–Crippen LogP) is 3.39. The molecular weight excluding hydrogens is 120 g/mol. The molecular formula is C10H18. The molecule has 0 heterocycles. The summed E-state index contributed by atoms with van der Waals surface area (Å²) in [6, 6.07) is 0. The first-order valence-corrected chi connectivity index (χ1v) is 4.45. The van der Waals surface area contributed by atoms with Crippen molar-refractivity contribution in [3.63, 3.8) is 0 Å². The second kappa shape index (κ2) is 3.80. The molecule has 0 saturated heterocycles. The smallest absolute Gasteiger partial charge is 0.0234 e. The van der Waals surface area contributed by atoms with Gasteiger partial charge < -0.3 is 0 Å². The van der Waals surface area contributed by atoms with Crippen molar-refractivity contribution in [2.45, 2.75) is 39.0 Å². The topological polar surface area (TPSA) is 0 Å². The molecule has 0 aromatic carbocycles. The highest BCUT2D eigenvalue weighted by atomic mass is 14.2. The minimum absolute atomic E-state index is 0.817. The van der Waals surface area contributed by atoms with Crippen LogP contribution in [0.5, 0.6) is 0 Å². The second-order valence-corrected chi connectivity index (χ2v) is 3.62. The van der Waals surface area contributed by atoms with E-state index in [1.165, 1.54) is 32.1 Å². The molecule has 1 rings (SSSR count). The summed E-state index contributed by atoms with van der Waals surface area (Å²) in [5, 5.41) is 0. The zero-order valence-corrected chi connectivity index (χ0v) is 6.97. The fourth-order valence-corrected chi connectivity index (χ4v) is 1.87. The van der Waals surface area contributed by atoms with Crippen molar-refractivity contribution < 1.29 is 0 Å². The molecule has 10 heavy (non-hydrogen) atoms. The van der Waals surface area contributed by atoms with E-state index in [0.29, 0.717) is 0 Å². The molecule has 58 valence electrons. The van der Waals surface area contributed by atoms with Gasteiger partial charge in [-0.05, 0) is 24.7 Å². The Morgan fingerprint density at radius 2 is 2.00 bits per heavy atom. The lowest BCUT2D eigenvalue weighted by Gasteiger charge is -2.11. The third-order valence-corrected chi connectivity index (χ3v) is 2.56. The monoisotopic (exact) mass is 138 g/mol. The van der Waals surface area contributed by atoms with E-state index in [1.54, 1.807) is 0 Å². The summed E-state index contributed by atoms with van der Waals surface area (Å²) < 4.78 is 0. The van der Waals surface area contributed by atoms with Gasteiger partial charge in [-0.1, -0.05) is 32.3 Å². The molecule has 0 spiro atoms. The summed E-state index contributed by atoms with van der Waals surface area (Å²) in [6.07, 6.45) is 9.19. The average molecular weight is 138 g/mol. The summed E-state index contributed by atoms with van der Waals surface area (Å²) >= 11 is 0. The van der Waals surface area contributed by atoms with Crippen LogP contribution in [0.2, 0.25) is 0 Å². The van der Waals surface area contributed by atoms with Gasteiger partial charge in [0, 0.05) is 0 Å². The Bertz CT molecular complexity index is 105. The zero-order chi connectivity index (χ0) is 7.40. The highest BCUT2D eigenvalue weighted by Crippen LogP contribution is 2.27. The largest absolute Gasteiger partial charge is 0.103 e. The first-order chi connectivity index (χ1) is 4.83. The van der Waals surface area contributed by atoms with Crippen molar-refractivity contribution in [3.05, 3.63) is 12.7 Å². The maximum atomic E-state index is 3.86. The lowest BCUT2D eigenvalue weighted by atomic mass is 9.95. The van der Waals surface area contributed by atoms with Gasteiger partial charge in [0.15, 0.2) is 0 Å². The third-order valence-electron chi connectivity index (χ3n) is 2.56. The highest BCUT2D eigenvalue weighted by molar-refractivity contribution is 4.82. The van der Waals surface area contributed by atoms with E-state index in [-0.39, 0.29) is 0 Å². The van der Waals surface area contributed by atoms with E-state index in [0.717, 1.165) is 11.8 Å². The molecule has 2 atom stereocenters. The van der Waals surface area contributed by atoms with Crippen molar-refractivity contribution in [1.82, 2.24) is 0 Å². The predicted molar refractivity (Wildman–Crippen MR) is 45.9 cm³/mol. The van der Waals surface area contributed by atoms with Crippen molar-refractivity contribution in [2.24, 2.45) is 11.8 Å². The van der Waals surface area contributed by atoms with Gasteiger partial charge in [0.05, 0.1) is 0 Å². The molecule has 1 aliphatic rings. The van der Waals surface area contributed by atoms with E-state index in [4.69, 9.17) is 0 Å². The van der Waals surface area contributed by atoms with E-state index >= 15 is 0 Å². The summed E-state index contributed by atoms with van der Waals surface area (Å²) in [4.78, 5) is 0. The first kappa shape index (κ1) is 7.84. The van der Waals surface area contributed by atoms with Crippen molar-refractivity contribution >= 4 is 0 Å². The summed E-state index contributed by atoms with van der Waals surface area (Å²) in [5.41, 5.74) is 0. The van der Waals surface area contributed by atoms with E-state index in [2.05, 4.69) is 19.6 Å². The van der Waals surface area contributed by atoms with Crippen LogP contribution >= 0.6 is 0 Å². The fraction of sp³-hybridized carbons (Fsp3) is 0.800. The number of allylic oxidation sites excluding steroid dienone is 1. The molecule has 2 unspecified atom stereocenters. The van der Waals surface area contributed by atoms with Gasteiger partial charge >= 0.3 is 0 Å². The highest BCUT2D eigenvalue weighted by Gasteiger charge is 2.13. The van der Waals surface area contributed by atoms with Crippen LogP contribution in [0, 0.1) is 11.8 Å². The first-order valence-electron chi connectivity index (χ1n) is 4.45. The van der Waals surface area contributed by atoms with Crippen molar-refractivity contribution in [3.8, 4) is 0 Å². The van der Waals surface area contributed by atoms with E-state index < -0.39 is 0 Å². The Balaban J connectivity index is 2.37. The van der Waals surface area contributed by atoms with Crippen LogP contribution in [0.25, 0.3) is 0 Å².